The van der Waals surface area contributed by atoms with Gasteiger partial charge in [0.25, 0.3) is 0 Å². The SMILES string of the molecule is c1[nH]cc2c1CC1CNC[C@@H]2C1. The highest BCUT2D eigenvalue weighted by molar-refractivity contribution is 5.31. The summed E-state index contributed by atoms with van der Waals surface area (Å²) >= 11 is 0. The Kier molecular flexibility index (Phi) is 1.32. The summed E-state index contributed by atoms with van der Waals surface area (Å²) in [5, 5.41) is 3.50. The second-order valence-electron chi connectivity index (χ2n) is 4.10. The van der Waals surface area contributed by atoms with Gasteiger partial charge in [-0.3, -0.25) is 0 Å². The summed E-state index contributed by atoms with van der Waals surface area (Å²) < 4.78 is 0. The van der Waals surface area contributed by atoms with E-state index in [-0.39, 0.29) is 0 Å². The van der Waals surface area contributed by atoms with Crippen LogP contribution in [-0.2, 0) is 6.42 Å². The number of nitrogens with one attached hydrogen (secondary N) is 2. The van der Waals surface area contributed by atoms with E-state index in [0.717, 1.165) is 11.8 Å². The van der Waals surface area contributed by atoms with Crippen molar-refractivity contribution in [3.63, 3.8) is 0 Å². The van der Waals surface area contributed by atoms with Gasteiger partial charge in [0.2, 0.25) is 0 Å². The zero-order valence-corrected chi connectivity index (χ0v) is 7.14. The fourth-order valence-corrected chi connectivity index (χ4v) is 2.70. The van der Waals surface area contributed by atoms with Gasteiger partial charge in [-0.05, 0) is 42.3 Å². The van der Waals surface area contributed by atoms with Gasteiger partial charge >= 0.3 is 0 Å². The first-order chi connectivity index (χ1) is 5.93. The molecule has 2 heteroatoms. The Morgan fingerprint density at radius 1 is 1.25 bits per heavy atom. The lowest BCUT2D eigenvalue weighted by Crippen LogP contribution is -2.38. The van der Waals surface area contributed by atoms with Crippen molar-refractivity contribution in [2.75, 3.05) is 13.1 Å². The van der Waals surface area contributed by atoms with Gasteiger partial charge in [0, 0.05) is 18.9 Å². The average molecular weight is 162 g/mol. The van der Waals surface area contributed by atoms with Crippen molar-refractivity contribution < 1.29 is 0 Å². The van der Waals surface area contributed by atoms with Crippen LogP contribution in [-0.4, -0.2) is 18.1 Å². The quantitative estimate of drug-likeness (QED) is 0.590. The maximum absolute atomic E-state index is 3.50. The Morgan fingerprint density at radius 2 is 2.25 bits per heavy atom. The summed E-state index contributed by atoms with van der Waals surface area (Å²) in [5.74, 6) is 1.69. The van der Waals surface area contributed by atoms with Crippen molar-refractivity contribution in [1.82, 2.24) is 10.3 Å². The van der Waals surface area contributed by atoms with Crippen LogP contribution < -0.4 is 5.32 Å². The zero-order valence-electron chi connectivity index (χ0n) is 7.14. The lowest BCUT2D eigenvalue weighted by molar-refractivity contribution is 0.319. The molecule has 1 unspecified atom stereocenters. The number of hydrogen-bond donors (Lipinski definition) is 2. The first-order valence-electron chi connectivity index (χ1n) is 4.80. The third-order valence-corrected chi connectivity index (χ3v) is 3.26. The number of fused-ring (bicyclic) bond motifs is 4. The smallest absolute Gasteiger partial charge is 0.00435 e. The number of rotatable bonds is 0. The molecule has 2 nitrogen and oxygen atoms in total. The van der Waals surface area contributed by atoms with Crippen molar-refractivity contribution in [2.45, 2.75) is 18.8 Å². The summed E-state index contributed by atoms with van der Waals surface area (Å²) in [7, 11) is 0. The number of aromatic nitrogens is 1. The van der Waals surface area contributed by atoms with Gasteiger partial charge in [-0.15, -0.1) is 0 Å². The highest BCUT2D eigenvalue weighted by Crippen LogP contribution is 2.36. The van der Waals surface area contributed by atoms with Gasteiger partial charge in [0.05, 0.1) is 0 Å². The minimum atomic E-state index is 0.791. The van der Waals surface area contributed by atoms with Crippen LogP contribution in [0.5, 0.6) is 0 Å². The van der Waals surface area contributed by atoms with E-state index < -0.39 is 0 Å². The number of H-pyrrole nitrogens is 1. The van der Waals surface area contributed by atoms with Gasteiger partial charge in [-0.1, -0.05) is 0 Å². The Balaban J connectivity index is 2.04. The molecule has 1 aromatic rings. The predicted molar refractivity (Wildman–Crippen MR) is 48.2 cm³/mol. The molecule has 1 aliphatic heterocycles. The van der Waals surface area contributed by atoms with Gasteiger partial charge in [-0.2, -0.15) is 0 Å². The number of hydrogen-bond acceptors (Lipinski definition) is 1. The van der Waals surface area contributed by atoms with Crippen LogP contribution in [0, 0.1) is 5.92 Å². The molecule has 64 valence electrons. The van der Waals surface area contributed by atoms with E-state index >= 15 is 0 Å². The topological polar surface area (TPSA) is 27.8 Å². The van der Waals surface area contributed by atoms with Crippen molar-refractivity contribution in [3.05, 3.63) is 23.5 Å². The standard InChI is InChI=1S/C10H14N2/c1-7-2-9-5-12-6-10(9)8(1)4-11-3-7/h5-8,11-12H,1-4H2/t7?,8-/m0/s1. The molecule has 12 heavy (non-hydrogen) atoms. The van der Waals surface area contributed by atoms with Crippen LogP contribution >= 0.6 is 0 Å². The van der Waals surface area contributed by atoms with Crippen molar-refractivity contribution in [3.8, 4) is 0 Å². The highest BCUT2D eigenvalue weighted by Gasteiger charge is 2.30. The van der Waals surface area contributed by atoms with E-state index in [2.05, 4.69) is 22.7 Å². The molecule has 2 heterocycles. The molecule has 2 N–H and O–H groups in total. The van der Waals surface area contributed by atoms with Crippen LogP contribution in [0.2, 0.25) is 0 Å². The number of piperidine rings is 1. The molecule has 0 spiro atoms. The molecular weight excluding hydrogens is 148 g/mol. The molecule has 1 saturated heterocycles. The molecule has 3 rings (SSSR count). The molecule has 2 aliphatic rings. The van der Waals surface area contributed by atoms with E-state index in [4.69, 9.17) is 0 Å². The Morgan fingerprint density at radius 3 is 3.25 bits per heavy atom. The monoisotopic (exact) mass is 162 g/mol. The third kappa shape index (κ3) is 0.845. The molecule has 0 amide bonds. The Bertz CT molecular complexity index is 290. The van der Waals surface area contributed by atoms with Crippen LogP contribution in [0.25, 0.3) is 0 Å². The fourth-order valence-electron chi connectivity index (χ4n) is 2.70. The summed E-state index contributed by atoms with van der Waals surface area (Å²) in [6.45, 7) is 2.41. The highest BCUT2D eigenvalue weighted by atomic mass is 14.9. The van der Waals surface area contributed by atoms with Crippen LogP contribution in [0.4, 0.5) is 0 Å². The van der Waals surface area contributed by atoms with Crippen LogP contribution in [0.1, 0.15) is 23.5 Å². The first kappa shape index (κ1) is 6.72. The van der Waals surface area contributed by atoms with Crippen LogP contribution in [0.15, 0.2) is 12.4 Å². The molecule has 0 aromatic carbocycles. The summed E-state index contributed by atoms with van der Waals surface area (Å²) in [4.78, 5) is 3.23. The fraction of sp³-hybridized carbons (Fsp3) is 0.600. The van der Waals surface area contributed by atoms with E-state index in [0.29, 0.717) is 0 Å². The summed E-state index contributed by atoms with van der Waals surface area (Å²) in [6.07, 6.45) is 7.04. The normalized spacial score (nSPS) is 33.0. The first-order valence-corrected chi connectivity index (χ1v) is 4.80. The second-order valence-corrected chi connectivity index (χ2v) is 4.10. The minimum absolute atomic E-state index is 0.791. The van der Waals surface area contributed by atoms with Crippen molar-refractivity contribution >= 4 is 0 Å². The van der Waals surface area contributed by atoms with Gasteiger partial charge < -0.3 is 10.3 Å². The summed E-state index contributed by atoms with van der Waals surface area (Å²) in [5.41, 5.74) is 3.14. The molecule has 2 atom stereocenters. The molecule has 0 saturated carbocycles. The predicted octanol–water partition coefficient (Wildman–Crippen LogP) is 1.26. The minimum Gasteiger partial charge on any atom is -0.367 e. The summed E-state index contributed by atoms with van der Waals surface area (Å²) in [6, 6.07) is 0. The molecule has 0 radical (unpaired) electrons. The maximum Gasteiger partial charge on any atom is 0.00435 e. The second kappa shape index (κ2) is 2.36. The van der Waals surface area contributed by atoms with E-state index in [1.165, 1.54) is 25.9 Å². The van der Waals surface area contributed by atoms with Crippen molar-refractivity contribution in [2.24, 2.45) is 5.92 Å². The lowest BCUT2D eigenvalue weighted by Gasteiger charge is -2.34. The van der Waals surface area contributed by atoms with E-state index in [9.17, 15) is 0 Å². The molecule has 1 fully saturated rings. The van der Waals surface area contributed by atoms with Crippen LogP contribution in [0.3, 0.4) is 0 Å². The largest absolute Gasteiger partial charge is 0.367 e. The van der Waals surface area contributed by atoms with E-state index in [1.54, 1.807) is 11.1 Å². The maximum atomic E-state index is 3.50. The Labute approximate surface area is 72.4 Å². The van der Waals surface area contributed by atoms with Gasteiger partial charge in [0.1, 0.15) is 0 Å². The lowest BCUT2D eigenvalue weighted by atomic mass is 9.76. The zero-order chi connectivity index (χ0) is 7.97. The molecule has 2 bridgehead atoms. The number of aromatic amines is 1. The average Bonchev–Trinajstić information content (AvgIpc) is 2.53. The molecule has 1 aromatic heterocycles. The Hall–Kier alpha value is -0.760. The molecular formula is C10H14N2. The van der Waals surface area contributed by atoms with E-state index in [1.807, 2.05) is 0 Å². The molecule has 1 aliphatic carbocycles. The van der Waals surface area contributed by atoms with Crippen molar-refractivity contribution in [1.29, 1.82) is 0 Å². The third-order valence-electron chi connectivity index (χ3n) is 3.26. The van der Waals surface area contributed by atoms with Gasteiger partial charge in [-0.25, -0.2) is 0 Å². The van der Waals surface area contributed by atoms with Gasteiger partial charge in [0.15, 0.2) is 0 Å².